The molecule has 8 heteroatoms. The molecule has 0 saturated carbocycles. The van der Waals surface area contributed by atoms with Gasteiger partial charge in [-0.2, -0.15) is 0 Å². The lowest BCUT2D eigenvalue weighted by Crippen LogP contribution is -2.53. The van der Waals surface area contributed by atoms with Crippen molar-refractivity contribution in [1.82, 2.24) is 10.2 Å². The van der Waals surface area contributed by atoms with Gasteiger partial charge in [-0.15, -0.1) is 0 Å². The Morgan fingerprint density at radius 3 is 2.70 bits per heavy atom. The predicted octanol–water partition coefficient (Wildman–Crippen LogP) is 3.60. The predicted molar refractivity (Wildman–Crippen MR) is 116 cm³/mol. The van der Waals surface area contributed by atoms with E-state index in [9.17, 15) is 9.59 Å². The molecular weight excluding hydrogens is 404 g/mol. The van der Waals surface area contributed by atoms with E-state index in [0.29, 0.717) is 48.1 Å². The second-order valence-electron chi connectivity index (χ2n) is 7.58. The highest BCUT2D eigenvalue weighted by atomic mass is 35.5. The Labute approximate surface area is 180 Å². The second-order valence-corrected chi connectivity index (χ2v) is 8.01. The molecule has 0 atom stereocenters. The Hall–Kier alpha value is -3.06. The van der Waals surface area contributed by atoms with Crippen molar-refractivity contribution in [1.29, 1.82) is 0 Å². The van der Waals surface area contributed by atoms with Crippen LogP contribution in [0.3, 0.4) is 0 Å². The number of hydrogen-bond donors (Lipinski definition) is 2. The zero-order valence-electron chi connectivity index (χ0n) is 16.9. The fraction of sp³-hybridized carbons (Fsp3) is 0.318. The number of halogens is 1. The number of benzene rings is 2. The molecule has 2 aromatic carbocycles. The molecule has 2 aliphatic heterocycles. The second kappa shape index (κ2) is 7.99. The topological polar surface area (TPSA) is 83.0 Å². The Kier molecular flexibility index (Phi) is 5.39. The molecule has 0 radical (unpaired) electrons. The maximum atomic E-state index is 12.7. The summed E-state index contributed by atoms with van der Waals surface area (Å²) >= 11 is 6.04. The molecule has 30 heavy (non-hydrogen) atoms. The molecule has 0 bridgehead atoms. The number of likely N-dealkylation sites (tertiary alicyclic amines) is 1. The minimum Gasteiger partial charge on any atom is -0.495 e. The van der Waals surface area contributed by atoms with E-state index in [4.69, 9.17) is 21.3 Å². The van der Waals surface area contributed by atoms with Crippen LogP contribution in [0.2, 0.25) is 5.02 Å². The SMILES string of the molecule is COc1ccc(Cl)cc1NC(=O)N1CCC2(CC1)N=C(c1cccc(C)c1)C(=O)N2. The number of carbonyl (C=O) groups is 2. The Balaban J connectivity index is 1.44. The van der Waals surface area contributed by atoms with Crippen molar-refractivity contribution in [3.05, 3.63) is 58.6 Å². The quantitative estimate of drug-likeness (QED) is 0.786. The number of nitrogens with zero attached hydrogens (tertiary/aromatic N) is 2. The molecule has 0 aromatic heterocycles. The van der Waals surface area contributed by atoms with Crippen LogP contribution in [0, 0.1) is 6.92 Å². The third-order valence-electron chi connectivity index (χ3n) is 5.46. The van der Waals surface area contributed by atoms with Gasteiger partial charge in [-0.25, -0.2) is 4.79 Å². The molecule has 2 N–H and O–H groups in total. The summed E-state index contributed by atoms with van der Waals surface area (Å²) in [4.78, 5) is 31.7. The maximum absolute atomic E-state index is 12.7. The molecule has 0 aliphatic carbocycles. The molecule has 1 spiro atoms. The molecule has 3 amide bonds. The molecule has 2 aliphatic rings. The highest BCUT2D eigenvalue weighted by molar-refractivity contribution is 6.46. The zero-order valence-corrected chi connectivity index (χ0v) is 17.6. The first-order chi connectivity index (χ1) is 14.4. The van der Waals surface area contributed by atoms with Crippen LogP contribution in [0.4, 0.5) is 10.5 Å². The minimum absolute atomic E-state index is 0.165. The number of carbonyl (C=O) groups excluding carboxylic acids is 2. The summed E-state index contributed by atoms with van der Waals surface area (Å²) in [6.45, 7) is 2.93. The zero-order chi connectivity index (χ0) is 21.3. The standard InChI is InChI=1S/C22H23ClN4O3/c1-14-4-3-5-15(12-14)19-20(28)26-22(25-19)8-10-27(11-9-22)21(29)24-17-13-16(23)6-7-18(17)30-2/h3-7,12-13H,8-11H2,1-2H3,(H,24,29)(H,26,28). The van der Waals surface area contributed by atoms with Gasteiger partial charge in [-0.3, -0.25) is 9.79 Å². The number of anilines is 1. The van der Waals surface area contributed by atoms with E-state index in [1.54, 1.807) is 23.1 Å². The monoisotopic (exact) mass is 426 g/mol. The lowest BCUT2D eigenvalue weighted by Gasteiger charge is -2.37. The number of amides is 3. The normalized spacial score (nSPS) is 17.5. The number of nitrogens with one attached hydrogen (secondary N) is 2. The molecular formula is C22H23ClN4O3. The molecule has 7 nitrogen and oxygen atoms in total. The number of ether oxygens (including phenoxy) is 1. The van der Waals surface area contributed by atoms with Gasteiger partial charge in [0.2, 0.25) is 0 Å². The molecule has 1 fully saturated rings. The minimum atomic E-state index is -0.652. The number of aryl methyl sites for hydroxylation is 1. The highest BCUT2D eigenvalue weighted by Gasteiger charge is 2.43. The van der Waals surface area contributed by atoms with Gasteiger partial charge in [0, 0.05) is 36.5 Å². The van der Waals surface area contributed by atoms with Crippen LogP contribution in [-0.4, -0.2) is 48.4 Å². The number of urea groups is 1. The van der Waals surface area contributed by atoms with Crippen molar-refractivity contribution in [3.8, 4) is 5.75 Å². The first-order valence-electron chi connectivity index (χ1n) is 9.78. The van der Waals surface area contributed by atoms with Gasteiger partial charge < -0.3 is 20.3 Å². The van der Waals surface area contributed by atoms with Gasteiger partial charge >= 0.3 is 6.03 Å². The van der Waals surface area contributed by atoms with Crippen LogP contribution in [0.1, 0.15) is 24.0 Å². The lowest BCUT2D eigenvalue weighted by atomic mass is 9.98. The molecule has 2 heterocycles. The molecule has 0 unspecified atom stereocenters. The fourth-order valence-electron chi connectivity index (χ4n) is 3.84. The first-order valence-corrected chi connectivity index (χ1v) is 10.2. The average Bonchev–Trinajstić information content (AvgIpc) is 3.04. The van der Waals surface area contributed by atoms with E-state index >= 15 is 0 Å². The summed E-state index contributed by atoms with van der Waals surface area (Å²) in [6, 6.07) is 12.6. The van der Waals surface area contributed by atoms with E-state index in [0.717, 1.165) is 11.1 Å². The molecule has 2 aromatic rings. The highest BCUT2D eigenvalue weighted by Crippen LogP contribution is 2.31. The number of methoxy groups -OCH3 is 1. The van der Waals surface area contributed by atoms with Crippen molar-refractivity contribution >= 4 is 34.9 Å². The Bertz CT molecular complexity index is 1030. The summed E-state index contributed by atoms with van der Waals surface area (Å²) in [5.41, 5.74) is 2.22. The Morgan fingerprint density at radius 1 is 1.23 bits per heavy atom. The van der Waals surface area contributed by atoms with Crippen molar-refractivity contribution in [2.24, 2.45) is 4.99 Å². The largest absolute Gasteiger partial charge is 0.495 e. The molecule has 1 saturated heterocycles. The number of piperidine rings is 1. The van der Waals surface area contributed by atoms with E-state index in [-0.39, 0.29) is 11.9 Å². The van der Waals surface area contributed by atoms with Gasteiger partial charge in [0.25, 0.3) is 5.91 Å². The number of rotatable bonds is 3. The number of aliphatic imine (C=N–C) groups is 1. The summed E-state index contributed by atoms with van der Waals surface area (Å²) in [5, 5.41) is 6.40. The van der Waals surface area contributed by atoms with E-state index < -0.39 is 5.66 Å². The lowest BCUT2D eigenvalue weighted by molar-refractivity contribution is -0.115. The van der Waals surface area contributed by atoms with E-state index in [2.05, 4.69) is 10.6 Å². The van der Waals surface area contributed by atoms with Crippen LogP contribution >= 0.6 is 11.6 Å². The number of hydrogen-bond acceptors (Lipinski definition) is 4. The van der Waals surface area contributed by atoms with Crippen molar-refractivity contribution in [2.45, 2.75) is 25.4 Å². The maximum Gasteiger partial charge on any atom is 0.321 e. The smallest absolute Gasteiger partial charge is 0.321 e. The van der Waals surface area contributed by atoms with Gasteiger partial charge in [0.1, 0.15) is 17.1 Å². The van der Waals surface area contributed by atoms with Crippen LogP contribution in [0.5, 0.6) is 5.75 Å². The Morgan fingerprint density at radius 2 is 2.00 bits per heavy atom. The third-order valence-corrected chi connectivity index (χ3v) is 5.69. The summed E-state index contributed by atoms with van der Waals surface area (Å²) in [5.74, 6) is 0.374. The fourth-order valence-corrected chi connectivity index (χ4v) is 4.01. The van der Waals surface area contributed by atoms with Crippen molar-refractivity contribution in [2.75, 3.05) is 25.5 Å². The van der Waals surface area contributed by atoms with Crippen molar-refractivity contribution in [3.63, 3.8) is 0 Å². The van der Waals surface area contributed by atoms with Crippen LogP contribution in [0.25, 0.3) is 0 Å². The molecule has 156 valence electrons. The van der Waals surface area contributed by atoms with Crippen LogP contribution < -0.4 is 15.4 Å². The van der Waals surface area contributed by atoms with Gasteiger partial charge in [-0.1, -0.05) is 35.4 Å². The first kappa shape index (κ1) is 20.2. The summed E-state index contributed by atoms with van der Waals surface area (Å²) in [7, 11) is 1.54. The summed E-state index contributed by atoms with van der Waals surface area (Å²) in [6.07, 6.45) is 1.10. The van der Waals surface area contributed by atoms with E-state index in [1.807, 2.05) is 31.2 Å². The average molecular weight is 427 g/mol. The third kappa shape index (κ3) is 3.98. The van der Waals surface area contributed by atoms with Gasteiger partial charge in [0.05, 0.1) is 12.8 Å². The van der Waals surface area contributed by atoms with Gasteiger partial charge in [0.15, 0.2) is 0 Å². The van der Waals surface area contributed by atoms with E-state index in [1.165, 1.54) is 7.11 Å². The van der Waals surface area contributed by atoms with Crippen molar-refractivity contribution < 1.29 is 14.3 Å². The van der Waals surface area contributed by atoms with Crippen LogP contribution in [-0.2, 0) is 4.79 Å². The van der Waals surface area contributed by atoms with Gasteiger partial charge in [-0.05, 0) is 31.2 Å². The van der Waals surface area contributed by atoms with Crippen LogP contribution in [0.15, 0.2) is 47.5 Å². The molecule has 4 rings (SSSR count). The summed E-state index contributed by atoms with van der Waals surface area (Å²) < 4.78 is 5.28.